The second-order valence-corrected chi connectivity index (χ2v) is 10.7. The molecule has 8 nitrogen and oxygen atoms in total. The van der Waals surface area contributed by atoms with Crippen LogP contribution in [-0.4, -0.2) is 72.6 Å². The van der Waals surface area contributed by atoms with Crippen molar-refractivity contribution in [3.8, 4) is 0 Å². The monoisotopic (exact) mass is 470 g/mol. The molecule has 186 valence electrons. The summed E-state index contributed by atoms with van der Waals surface area (Å²) in [5, 5.41) is 3.03. The number of ether oxygens (including phenoxy) is 1. The summed E-state index contributed by atoms with van der Waals surface area (Å²) in [6.45, 7) is 9.22. The fraction of sp³-hybridized carbons (Fsp3) is 0.654. The van der Waals surface area contributed by atoms with Crippen LogP contribution in [0.2, 0.25) is 0 Å². The maximum absolute atomic E-state index is 13.6. The van der Waals surface area contributed by atoms with Gasteiger partial charge in [-0.05, 0) is 64.7 Å². The zero-order chi connectivity index (χ0) is 24.3. The van der Waals surface area contributed by atoms with Crippen LogP contribution in [0.3, 0.4) is 0 Å². The number of carbonyl (C=O) groups excluding carboxylic acids is 3. The second kappa shape index (κ2) is 10.2. The fourth-order valence-corrected chi connectivity index (χ4v) is 4.54. The van der Waals surface area contributed by atoms with Crippen molar-refractivity contribution in [2.24, 2.45) is 5.92 Å². The van der Waals surface area contributed by atoms with Crippen LogP contribution in [0.15, 0.2) is 18.2 Å². The Labute approximate surface area is 202 Å². The van der Waals surface area contributed by atoms with Crippen LogP contribution in [0.4, 0.5) is 16.2 Å². The first-order valence-corrected chi connectivity index (χ1v) is 12.7. The van der Waals surface area contributed by atoms with Gasteiger partial charge in [0, 0.05) is 50.9 Å². The Hall–Kier alpha value is -2.77. The smallest absolute Gasteiger partial charge is 0.410 e. The Balaban J connectivity index is 1.48. The molecule has 2 aliphatic heterocycles. The Bertz CT molecular complexity index is 906. The van der Waals surface area contributed by atoms with E-state index in [0.29, 0.717) is 31.7 Å². The lowest BCUT2D eigenvalue weighted by atomic mass is 10.1. The summed E-state index contributed by atoms with van der Waals surface area (Å²) < 4.78 is 5.48. The highest BCUT2D eigenvalue weighted by Crippen LogP contribution is 2.32. The first-order valence-electron chi connectivity index (χ1n) is 12.7. The average Bonchev–Trinajstić information content (AvgIpc) is 3.65. The minimum Gasteiger partial charge on any atom is -0.444 e. The molecule has 3 amide bonds. The first-order chi connectivity index (χ1) is 16.2. The molecule has 0 unspecified atom stereocenters. The molecule has 8 heteroatoms. The van der Waals surface area contributed by atoms with Gasteiger partial charge in [0.1, 0.15) is 5.60 Å². The fourth-order valence-electron chi connectivity index (χ4n) is 4.54. The lowest BCUT2D eigenvalue weighted by molar-refractivity contribution is -0.117. The molecule has 3 aliphatic rings. The van der Waals surface area contributed by atoms with E-state index in [1.807, 2.05) is 43.9 Å². The van der Waals surface area contributed by atoms with Gasteiger partial charge >= 0.3 is 6.09 Å². The van der Waals surface area contributed by atoms with Gasteiger partial charge < -0.3 is 24.8 Å². The van der Waals surface area contributed by atoms with Gasteiger partial charge in [-0.3, -0.25) is 9.59 Å². The van der Waals surface area contributed by atoms with E-state index in [2.05, 4.69) is 10.2 Å². The third kappa shape index (κ3) is 6.21. The summed E-state index contributed by atoms with van der Waals surface area (Å²) in [4.78, 5) is 44.1. The molecule has 3 fully saturated rings. The van der Waals surface area contributed by atoms with E-state index in [1.165, 1.54) is 12.8 Å². The van der Waals surface area contributed by atoms with E-state index in [0.717, 1.165) is 50.1 Å². The summed E-state index contributed by atoms with van der Waals surface area (Å²) in [6, 6.07) is 5.66. The van der Waals surface area contributed by atoms with Crippen molar-refractivity contribution in [2.75, 3.05) is 49.5 Å². The van der Waals surface area contributed by atoms with Gasteiger partial charge in [0.05, 0.1) is 11.3 Å². The van der Waals surface area contributed by atoms with E-state index >= 15 is 0 Å². The van der Waals surface area contributed by atoms with Crippen molar-refractivity contribution < 1.29 is 19.1 Å². The Morgan fingerprint density at radius 3 is 2.09 bits per heavy atom. The Morgan fingerprint density at radius 2 is 1.50 bits per heavy atom. The minimum atomic E-state index is -0.539. The van der Waals surface area contributed by atoms with Crippen molar-refractivity contribution in [3.63, 3.8) is 0 Å². The van der Waals surface area contributed by atoms with Gasteiger partial charge in [0.15, 0.2) is 0 Å². The Kier molecular flexibility index (Phi) is 7.33. The molecular weight excluding hydrogens is 432 g/mol. The predicted molar refractivity (Wildman–Crippen MR) is 132 cm³/mol. The molecule has 34 heavy (non-hydrogen) atoms. The first kappa shape index (κ1) is 24.4. The van der Waals surface area contributed by atoms with E-state index in [-0.39, 0.29) is 23.8 Å². The molecule has 2 saturated heterocycles. The number of hydrogen-bond acceptors (Lipinski definition) is 5. The van der Waals surface area contributed by atoms with Gasteiger partial charge in [-0.15, -0.1) is 0 Å². The van der Waals surface area contributed by atoms with Gasteiger partial charge in [-0.25, -0.2) is 4.79 Å². The number of anilines is 2. The molecule has 0 bridgehead atoms. The average molecular weight is 471 g/mol. The summed E-state index contributed by atoms with van der Waals surface area (Å²) in [5.74, 6) is 0.173. The third-order valence-corrected chi connectivity index (χ3v) is 6.61. The van der Waals surface area contributed by atoms with Crippen molar-refractivity contribution >= 4 is 29.3 Å². The number of benzene rings is 1. The lowest BCUT2D eigenvalue weighted by Gasteiger charge is -2.36. The van der Waals surface area contributed by atoms with E-state index in [1.54, 1.807) is 4.90 Å². The van der Waals surface area contributed by atoms with Crippen LogP contribution in [0.5, 0.6) is 0 Å². The molecule has 1 aliphatic carbocycles. The van der Waals surface area contributed by atoms with Crippen LogP contribution in [0, 0.1) is 5.92 Å². The summed E-state index contributed by atoms with van der Waals surface area (Å²) >= 11 is 0. The maximum Gasteiger partial charge on any atom is 0.410 e. The standard InChI is InChI=1S/C26H38N4O4/c1-26(2,3)34-25(33)30-16-14-29(15-17-30)24(32)21-11-10-20(27-23(31)19-8-9-19)18-22(21)28-12-6-4-5-7-13-28/h10-11,18-19H,4-9,12-17H2,1-3H3,(H,27,31). The normalized spacial score (nSPS) is 19.4. The van der Waals surface area contributed by atoms with E-state index in [4.69, 9.17) is 4.74 Å². The predicted octanol–water partition coefficient (Wildman–Crippen LogP) is 4.11. The van der Waals surface area contributed by atoms with Crippen LogP contribution >= 0.6 is 0 Å². The Morgan fingerprint density at radius 1 is 0.882 bits per heavy atom. The number of rotatable bonds is 4. The minimum absolute atomic E-state index is 0.0249. The van der Waals surface area contributed by atoms with Gasteiger partial charge in [0.25, 0.3) is 5.91 Å². The molecule has 1 N–H and O–H groups in total. The van der Waals surface area contributed by atoms with E-state index < -0.39 is 5.60 Å². The van der Waals surface area contributed by atoms with Crippen LogP contribution in [0.1, 0.15) is 69.7 Å². The molecule has 0 aromatic heterocycles. The summed E-state index contributed by atoms with van der Waals surface area (Å²) in [7, 11) is 0. The molecular formula is C26H38N4O4. The topological polar surface area (TPSA) is 82.2 Å². The number of piperazine rings is 1. The molecule has 2 heterocycles. The number of hydrogen-bond donors (Lipinski definition) is 1. The lowest BCUT2D eigenvalue weighted by Crippen LogP contribution is -2.51. The van der Waals surface area contributed by atoms with Crippen LogP contribution in [-0.2, 0) is 9.53 Å². The SMILES string of the molecule is CC(C)(C)OC(=O)N1CCN(C(=O)c2ccc(NC(=O)C3CC3)cc2N2CCCCCC2)CC1. The number of amides is 3. The van der Waals surface area contributed by atoms with Crippen LogP contribution < -0.4 is 10.2 Å². The van der Waals surface area contributed by atoms with Gasteiger partial charge in [0.2, 0.25) is 5.91 Å². The molecule has 0 atom stereocenters. The molecule has 0 spiro atoms. The highest BCUT2D eigenvalue weighted by Gasteiger charge is 2.31. The zero-order valence-electron chi connectivity index (χ0n) is 20.8. The maximum atomic E-state index is 13.6. The summed E-state index contributed by atoms with van der Waals surface area (Å²) in [5.41, 5.74) is 1.78. The number of carbonyl (C=O) groups is 3. The molecule has 0 radical (unpaired) electrons. The molecule has 1 saturated carbocycles. The highest BCUT2D eigenvalue weighted by molar-refractivity contribution is 6.02. The van der Waals surface area contributed by atoms with Crippen molar-refractivity contribution in [3.05, 3.63) is 23.8 Å². The third-order valence-electron chi connectivity index (χ3n) is 6.61. The highest BCUT2D eigenvalue weighted by atomic mass is 16.6. The van der Waals surface area contributed by atoms with Crippen molar-refractivity contribution in [2.45, 2.75) is 64.9 Å². The quantitative estimate of drug-likeness (QED) is 0.716. The molecule has 1 aromatic carbocycles. The summed E-state index contributed by atoms with van der Waals surface area (Å²) in [6.07, 6.45) is 6.17. The number of nitrogens with one attached hydrogen (secondary N) is 1. The van der Waals surface area contributed by atoms with Gasteiger partial charge in [-0.1, -0.05) is 12.8 Å². The van der Waals surface area contributed by atoms with Gasteiger partial charge in [-0.2, -0.15) is 0 Å². The zero-order valence-corrected chi connectivity index (χ0v) is 20.8. The van der Waals surface area contributed by atoms with Crippen LogP contribution in [0.25, 0.3) is 0 Å². The van der Waals surface area contributed by atoms with Crippen molar-refractivity contribution in [1.82, 2.24) is 9.80 Å². The van der Waals surface area contributed by atoms with E-state index in [9.17, 15) is 14.4 Å². The molecule has 1 aromatic rings. The second-order valence-electron chi connectivity index (χ2n) is 10.7. The number of nitrogens with zero attached hydrogens (tertiary/aromatic N) is 3. The van der Waals surface area contributed by atoms with Crippen molar-refractivity contribution in [1.29, 1.82) is 0 Å². The molecule has 4 rings (SSSR count). The largest absolute Gasteiger partial charge is 0.444 e.